The van der Waals surface area contributed by atoms with E-state index in [2.05, 4.69) is 20.8 Å². The van der Waals surface area contributed by atoms with Crippen LogP contribution in [0.3, 0.4) is 0 Å². The van der Waals surface area contributed by atoms with Crippen LogP contribution in [0, 0.1) is 5.82 Å². The summed E-state index contributed by atoms with van der Waals surface area (Å²) < 4.78 is 23.2. The van der Waals surface area contributed by atoms with Gasteiger partial charge in [0.15, 0.2) is 0 Å². The predicted molar refractivity (Wildman–Crippen MR) is 106 cm³/mol. The molecule has 156 valence electrons. The van der Waals surface area contributed by atoms with Crippen LogP contribution < -0.4 is 15.4 Å². The Bertz CT molecular complexity index is 987. The van der Waals surface area contributed by atoms with E-state index in [1.54, 1.807) is 19.2 Å². The first kappa shape index (κ1) is 21.0. The van der Waals surface area contributed by atoms with Gasteiger partial charge in [-0.05, 0) is 42.0 Å². The number of carbonyl (C=O) groups excluding carboxylic acids is 2. The van der Waals surface area contributed by atoms with E-state index in [0.717, 1.165) is 11.3 Å². The number of aryl methyl sites for hydroxylation is 1. The fourth-order valence-corrected chi connectivity index (χ4v) is 2.57. The molecule has 0 saturated heterocycles. The maximum absolute atomic E-state index is 13.0. The van der Waals surface area contributed by atoms with E-state index in [0.29, 0.717) is 17.9 Å². The van der Waals surface area contributed by atoms with Crippen LogP contribution in [0.4, 0.5) is 4.39 Å². The van der Waals surface area contributed by atoms with Crippen molar-refractivity contribution in [3.05, 3.63) is 65.8 Å². The van der Waals surface area contributed by atoms with E-state index in [9.17, 15) is 14.0 Å². The third-order valence-corrected chi connectivity index (χ3v) is 4.23. The van der Waals surface area contributed by atoms with Gasteiger partial charge < -0.3 is 19.9 Å². The Balaban J connectivity index is 1.37. The zero-order chi connectivity index (χ0) is 21.3. The van der Waals surface area contributed by atoms with Gasteiger partial charge in [-0.25, -0.2) is 4.39 Å². The average Bonchev–Trinajstić information content (AvgIpc) is 3.24. The third kappa shape index (κ3) is 6.13. The second-order valence-corrected chi connectivity index (χ2v) is 6.42. The van der Waals surface area contributed by atoms with Gasteiger partial charge in [0.1, 0.15) is 11.6 Å². The largest absolute Gasteiger partial charge is 0.497 e. The molecule has 2 amide bonds. The molecule has 8 nitrogen and oxygen atoms in total. The molecule has 0 atom stereocenters. The number of benzene rings is 2. The number of halogens is 1. The highest BCUT2D eigenvalue weighted by Crippen LogP contribution is 2.16. The van der Waals surface area contributed by atoms with E-state index in [4.69, 9.17) is 9.26 Å². The Morgan fingerprint density at radius 3 is 2.47 bits per heavy atom. The summed E-state index contributed by atoms with van der Waals surface area (Å²) >= 11 is 0. The Morgan fingerprint density at radius 2 is 1.77 bits per heavy atom. The van der Waals surface area contributed by atoms with Crippen molar-refractivity contribution in [3.8, 4) is 17.1 Å². The zero-order valence-corrected chi connectivity index (χ0v) is 16.4. The van der Waals surface area contributed by atoms with E-state index < -0.39 is 0 Å². The Hall–Kier alpha value is -3.75. The lowest BCUT2D eigenvalue weighted by Gasteiger charge is -2.07. The maximum Gasteiger partial charge on any atom is 0.239 e. The molecular formula is C21H21FN4O4. The number of hydrogen-bond donors (Lipinski definition) is 2. The van der Waals surface area contributed by atoms with Gasteiger partial charge in [0.05, 0.1) is 13.7 Å². The first-order valence-corrected chi connectivity index (χ1v) is 9.28. The zero-order valence-electron chi connectivity index (χ0n) is 16.4. The lowest BCUT2D eigenvalue weighted by atomic mass is 10.2. The summed E-state index contributed by atoms with van der Waals surface area (Å²) in [5.41, 5.74) is 1.54. The van der Waals surface area contributed by atoms with E-state index in [1.807, 2.05) is 24.3 Å². The Labute approximate surface area is 172 Å². The highest BCUT2D eigenvalue weighted by atomic mass is 19.1. The minimum atomic E-state index is -0.354. The van der Waals surface area contributed by atoms with Crippen molar-refractivity contribution < 1.29 is 23.2 Å². The van der Waals surface area contributed by atoms with Crippen LogP contribution >= 0.6 is 0 Å². The molecule has 0 saturated carbocycles. The van der Waals surface area contributed by atoms with E-state index in [-0.39, 0.29) is 42.9 Å². The molecule has 0 spiro atoms. The number of nitrogens with one attached hydrogen (secondary N) is 2. The van der Waals surface area contributed by atoms with Gasteiger partial charge in [0.25, 0.3) is 0 Å². The lowest BCUT2D eigenvalue weighted by molar-refractivity contribution is -0.126. The second kappa shape index (κ2) is 10.1. The summed E-state index contributed by atoms with van der Waals surface area (Å²) in [6.45, 7) is 0.229. The van der Waals surface area contributed by atoms with Gasteiger partial charge in [-0.2, -0.15) is 4.98 Å². The maximum atomic E-state index is 13.0. The SMILES string of the molecule is COc1ccc(CNC(=O)CNC(=O)CCc2nc(-c3ccc(F)cc3)no2)cc1. The molecule has 30 heavy (non-hydrogen) atoms. The van der Waals surface area contributed by atoms with Crippen LogP contribution in [-0.4, -0.2) is 35.6 Å². The average molecular weight is 412 g/mol. The summed E-state index contributed by atoms with van der Waals surface area (Å²) in [5.74, 6) is 0.388. The van der Waals surface area contributed by atoms with Crippen molar-refractivity contribution in [2.24, 2.45) is 0 Å². The van der Waals surface area contributed by atoms with Crippen LogP contribution in [0.2, 0.25) is 0 Å². The summed E-state index contributed by atoms with van der Waals surface area (Å²) in [5, 5.41) is 9.10. The molecular weight excluding hydrogens is 391 g/mol. The van der Waals surface area contributed by atoms with Crippen LogP contribution in [0.15, 0.2) is 53.1 Å². The fourth-order valence-electron chi connectivity index (χ4n) is 2.57. The molecule has 9 heteroatoms. The van der Waals surface area contributed by atoms with E-state index in [1.165, 1.54) is 12.1 Å². The van der Waals surface area contributed by atoms with Crippen LogP contribution in [-0.2, 0) is 22.6 Å². The molecule has 0 aliphatic heterocycles. The fraction of sp³-hybridized carbons (Fsp3) is 0.238. The van der Waals surface area contributed by atoms with Gasteiger partial charge in [-0.15, -0.1) is 0 Å². The summed E-state index contributed by atoms with van der Waals surface area (Å²) in [6, 6.07) is 13.0. The number of nitrogens with zero attached hydrogens (tertiary/aromatic N) is 2. The standard InChI is InChI=1S/C21H21FN4O4/c1-29-17-8-2-14(3-9-17)12-23-19(28)13-24-18(27)10-11-20-25-21(26-30-20)15-4-6-16(22)7-5-15/h2-9H,10-13H2,1H3,(H,23,28)(H,24,27). The van der Waals surface area contributed by atoms with Crippen molar-refractivity contribution >= 4 is 11.8 Å². The number of hydrogen-bond acceptors (Lipinski definition) is 6. The number of aromatic nitrogens is 2. The lowest BCUT2D eigenvalue weighted by Crippen LogP contribution is -2.36. The van der Waals surface area contributed by atoms with E-state index >= 15 is 0 Å². The summed E-state index contributed by atoms with van der Waals surface area (Å²) in [7, 11) is 1.59. The highest BCUT2D eigenvalue weighted by molar-refractivity contribution is 5.84. The van der Waals surface area contributed by atoms with Crippen LogP contribution in [0.25, 0.3) is 11.4 Å². The molecule has 2 N–H and O–H groups in total. The van der Waals surface area contributed by atoms with Crippen molar-refractivity contribution in [1.82, 2.24) is 20.8 Å². The normalized spacial score (nSPS) is 10.5. The first-order chi connectivity index (χ1) is 14.5. The first-order valence-electron chi connectivity index (χ1n) is 9.28. The second-order valence-electron chi connectivity index (χ2n) is 6.42. The number of ether oxygens (including phenoxy) is 1. The monoisotopic (exact) mass is 412 g/mol. The molecule has 0 fully saturated rings. The molecule has 3 rings (SSSR count). The molecule has 0 unspecified atom stereocenters. The molecule has 0 aliphatic carbocycles. The highest BCUT2D eigenvalue weighted by Gasteiger charge is 2.11. The van der Waals surface area contributed by atoms with Gasteiger partial charge in [0.2, 0.25) is 23.5 Å². The summed E-state index contributed by atoms with van der Waals surface area (Å²) in [6.07, 6.45) is 0.324. The van der Waals surface area contributed by atoms with Gasteiger partial charge >= 0.3 is 0 Å². The minimum Gasteiger partial charge on any atom is -0.497 e. The molecule has 1 heterocycles. The number of amides is 2. The Morgan fingerprint density at radius 1 is 1.03 bits per heavy atom. The van der Waals surface area contributed by atoms with Crippen molar-refractivity contribution in [1.29, 1.82) is 0 Å². The van der Waals surface area contributed by atoms with Gasteiger partial charge in [0, 0.05) is 24.9 Å². The third-order valence-electron chi connectivity index (χ3n) is 4.23. The topological polar surface area (TPSA) is 106 Å². The summed E-state index contributed by atoms with van der Waals surface area (Å²) in [4.78, 5) is 28.0. The molecule has 3 aromatic rings. The number of methoxy groups -OCH3 is 1. The molecule has 2 aromatic carbocycles. The van der Waals surface area contributed by atoms with Crippen molar-refractivity contribution in [2.45, 2.75) is 19.4 Å². The van der Waals surface area contributed by atoms with Crippen LogP contribution in [0.1, 0.15) is 17.9 Å². The molecule has 0 bridgehead atoms. The predicted octanol–water partition coefficient (Wildman–Crippen LogP) is 2.25. The van der Waals surface area contributed by atoms with Crippen molar-refractivity contribution in [2.75, 3.05) is 13.7 Å². The number of carbonyl (C=O) groups is 2. The smallest absolute Gasteiger partial charge is 0.239 e. The number of rotatable bonds is 9. The molecule has 1 aromatic heterocycles. The van der Waals surface area contributed by atoms with Gasteiger partial charge in [-0.3, -0.25) is 9.59 Å². The quantitative estimate of drug-likeness (QED) is 0.558. The van der Waals surface area contributed by atoms with Gasteiger partial charge in [-0.1, -0.05) is 17.3 Å². The Kier molecular flexibility index (Phi) is 7.09. The van der Waals surface area contributed by atoms with Crippen LogP contribution in [0.5, 0.6) is 5.75 Å². The minimum absolute atomic E-state index is 0.0941. The molecule has 0 radical (unpaired) electrons. The molecule has 0 aliphatic rings. The van der Waals surface area contributed by atoms with Crippen molar-refractivity contribution in [3.63, 3.8) is 0 Å².